The largest absolute Gasteiger partial charge is 0.497 e. The summed E-state index contributed by atoms with van der Waals surface area (Å²) in [4.78, 5) is 36.8. The monoisotopic (exact) mass is 483 g/mol. The minimum absolute atomic E-state index is 0.0272. The van der Waals surface area contributed by atoms with Crippen molar-refractivity contribution in [2.24, 2.45) is 5.92 Å². The van der Waals surface area contributed by atoms with E-state index in [1.165, 1.54) is 4.90 Å². The van der Waals surface area contributed by atoms with Crippen molar-refractivity contribution in [2.75, 3.05) is 40.0 Å². The third kappa shape index (κ3) is 4.44. The number of hydrogen-bond donors (Lipinski definition) is 1. The van der Waals surface area contributed by atoms with Gasteiger partial charge in [-0.1, -0.05) is 19.8 Å². The maximum absolute atomic E-state index is 13.2. The van der Waals surface area contributed by atoms with Gasteiger partial charge in [-0.3, -0.25) is 14.6 Å². The second-order valence-corrected chi connectivity index (χ2v) is 10.5. The summed E-state index contributed by atoms with van der Waals surface area (Å²) in [5.74, 6) is 1.01. The van der Waals surface area contributed by atoms with Gasteiger partial charge in [-0.05, 0) is 43.0 Å². The number of rotatable bonds is 6. The lowest BCUT2D eigenvalue weighted by Crippen LogP contribution is -2.55. The van der Waals surface area contributed by atoms with Crippen molar-refractivity contribution in [1.82, 2.24) is 25.0 Å². The van der Waals surface area contributed by atoms with Crippen molar-refractivity contribution in [3.05, 3.63) is 35.3 Å². The molecule has 2 unspecified atom stereocenters. The summed E-state index contributed by atoms with van der Waals surface area (Å²) in [6.45, 7) is 6.72. The van der Waals surface area contributed by atoms with Gasteiger partial charge in [0.1, 0.15) is 16.3 Å². The molecule has 2 aliphatic heterocycles. The molecule has 2 atom stereocenters. The molecule has 0 radical (unpaired) electrons. The number of hydrogen-bond acceptors (Lipinski definition) is 7. The van der Waals surface area contributed by atoms with Gasteiger partial charge in [-0.15, -0.1) is 11.3 Å². The normalized spacial score (nSPS) is 26.3. The number of nitrogens with zero attached hydrogens (tertiary/aromatic N) is 4. The Labute approximate surface area is 204 Å². The molecule has 1 N–H and O–H groups in total. The Morgan fingerprint density at radius 2 is 1.85 bits per heavy atom. The van der Waals surface area contributed by atoms with Crippen molar-refractivity contribution in [3.63, 3.8) is 0 Å². The second-order valence-electron chi connectivity index (χ2n) is 9.69. The maximum Gasteiger partial charge on any atom is 0.326 e. The van der Waals surface area contributed by atoms with Gasteiger partial charge in [0.2, 0.25) is 0 Å². The van der Waals surface area contributed by atoms with Crippen molar-refractivity contribution >= 4 is 23.3 Å². The van der Waals surface area contributed by atoms with Crippen LogP contribution in [0.4, 0.5) is 4.79 Å². The Morgan fingerprint density at radius 3 is 2.56 bits per heavy atom. The maximum atomic E-state index is 13.2. The second kappa shape index (κ2) is 9.64. The lowest BCUT2D eigenvalue weighted by atomic mass is 9.73. The summed E-state index contributed by atoms with van der Waals surface area (Å²) in [6, 6.07) is 7.76. The SMILES string of the molecule is COc1ccc(-c2nc(CN3CCN(CN4C(=O)NC5(CCCCC5C)C4=O)CC3)cs2)cc1. The van der Waals surface area contributed by atoms with E-state index in [0.29, 0.717) is 6.67 Å². The van der Waals surface area contributed by atoms with Crippen LogP contribution in [-0.2, 0) is 11.3 Å². The lowest BCUT2D eigenvalue weighted by Gasteiger charge is -2.38. The number of thiazole rings is 1. The minimum Gasteiger partial charge on any atom is -0.497 e. The van der Waals surface area contributed by atoms with E-state index in [4.69, 9.17) is 9.72 Å². The molecule has 2 saturated heterocycles. The molecule has 5 rings (SSSR count). The summed E-state index contributed by atoms with van der Waals surface area (Å²) >= 11 is 1.66. The number of nitrogens with one attached hydrogen (secondary N) is 1. The Morgan fingerprint density at radius 1 is 1.12 bits per heavy atom. The van der Waals surface area contributed by atoms with Crippen molar-refractivity contribution in [3.8, 4) is 16.3 Å². The van der Waals surface area contributed by atoms with Crippen molar-refractivity contribution < 1.29 is 14.3 Å². The van der Waals surface area contributed by atoms with E-state index < -0.39 is 5.54 Å². The molecule has 8 nitrogen and oxygen atoms in total. The molecule has 0 bridgehead atoms. The van der Waals surface area contributed by atoms with Crippen molar-refractivity contribution in [1.29, 1.82) is 0 Å². The highest BCUT2D eigenvalue weighted by atomic mass is 32.1. The summed E-state index contributed by atoms with van der Waals surface area (Å²) < 4.78 is 5.24. The van der Waals surface area contributed by atoms with Crippen LogP contribution in [0, 0.1) is 5.92 Å². The number of urea groups is 1. The van der Waals surface area contributed by atoms with Crippen molar-refractivity contribution in [2.45, 2.75) is 44.7 Å². The number of ether oxygens (including phenoxy) is 1. The number of aromatic nitrogens is 1. The van der Waals surface area contributed by atoms with Gasteiger partial charge < -0.3 is 10.1 Å². The predicted molar refractivity (Wildman–Crippen MR) is 132 cm³/mol. The average molecular weight is 484 g/mol. The van der Waals surface area contributed by atoms with E-state index >= 15 is 0 Å². The number of carbonyl (C=O) groups is 2. The van der Waals surface area contributed by atoms with E-state index in [2.05, 4.69) is 27.4 Å². The molecule has 3 heterocycles. The zero-order chi connectivity index (χ0) is 23.7. The van der Waals surface area contributed by atoms with Crippen LogP contribution in [0.5, 0.6) is 5.75 Å². The van der Waals surface area contributed by atoms with E-state index in [9.17, 15) is 9.59 Å². The minimum atomic E-state index is -0.677. The molecular weight excluding hydrogens is 450 g/mol. The smallest absolute Gasteiger partial charge is 0.326 e. The van der Waals surface area contributed by atoms with Crippen LogP contribution in [0.1, 0.15) is 38.3 Å². The zero-order valence-electron chi connectivity index (χ0n) is 20.0. The number of amides is 3. The van der Waals surface area contributed by atoms with Crippen LogP contribution < -0.4 is 10.1 Å². The van der Waals surface area contributed by atoms with Crippen LogP contribution in [0.2, 0.25) is 0 Å². The third-order valence-electron chi connectivity index (χ3n) is 7.58. The van der Waals surface area contributed by atoms with E-state index in [-0.39, 0.29) is 17.9 Å². The van der Waals surface area contributed by atoms with Gasteiger partial charge in [0.25, 0.3) is 5.91 Å². The quantitative estimate of drug-likeness (QED) is 0.635. The number of imide groups is 1. The topological polar surface area (TPSA) is 78.0 Å². The van der Waals surface area contributed by atoms with Gasteiger partial charge in [-0.25, -0.2) is 14.7 Å². The molecule has 9 heteroatoms. The molecule has 34 heavy (non-hydrogen) atoms. The summed E-state index contributed by atoms with van der Waals surface area (Å²) in [5.41, 5.74) is 1.50. The van der Waals surface area contributed by atoms with Crippen LogP contribution in [0.15, 0.2) is 29.6 Å². The Kier molecular flexibility index (Phi) is 6.59. The molecule has 3 aliphatic rings. The third-order valence-corrected chi connectivity index (χ3v) is 8.52. The number of methoxy groups -OCH3 is 1. The molecular formula is C25H33N5O3S. The Bertz CT molecular complexity index is 1030. The first kappa shape index (κ1) is 23.3. The van der Waals surface area contributed by atoms with Gasteiger partial charge >= 0.3 is 6.03 Å². The van der Waals surface area contributed by atoms with Crippen LogP contribution in [0.3, 0.4) is 0 Å². The molecule has 2 aromatic rings. The van der Waals surface area contributed by atoms with E-state index in [0.717, 1.165) is 80.4 Å². The fourth-order valence-electron chi connectivity index (χ4n) is 5.39. The van der Waals surface area contributed by atoms with Gasteiger partial charge in [0.15, 0.2) is 0 Å². The standard InChI is InChI=1S/C25H33N5O3S/c1-18-5-3-4-10-25(18)23(31)30(24(32)27-25)17-29-13-11-28(12-14-29)15-20-16-34-22(26-20)19-6-8-21(33-2)9-7-19/h6-9,16,18H,3-5,10-15,17H2,1-2H3,(H,27,32). The molecule has 1 saturated carbocycles. The highest BCUT2D eigenvalue weighted by Gasteiger charge is 2.55. The zero-order valence-corrected chi connectivity index (χ0v) is 20.8. The predicted octanol–water partition coefficient (Wildman–Crippen LogP) is 3.39. The first-order chi connectivity index (χ1) is 16.5. The van der Waals surface area contributed by atoms with Gasteiger partial charge in [0.05, 0.1) is 19.5 Å². The first-order valence-electron chi connectivity index (χ1n) is 12.2. The summed E-state index contributed by atoms with van der Waals surface area (Å²) in [6.07, 6.45) is 3.89. The van der Waals surface area contributed by atoms with Gasteiger partial charge in [0, 0.05) is 43.7 Å². The number of carbonyl (C=O) groups excluding carboxylic acids is 2. The molecule has 1 aromatic carbocycles. The van der Waals surface area contributed by atoms with Crippen LogP contribution in [0.25, 0.3) is 10.6 Å². The molecule has 3 amide bonds. The average Bonchev–Trinajstić information content (AvgIpc) is 3.41. The Balaban J connectivity index is 1.13. The molecule has 182 valence electrons. The highest BCUT2D eigenvalue weighted by molar-refractivity contribution is 7.13. The van der Waals surface area contributed by atoms with Crippen LogP contribution in [-0.4, -0.2) is 77.1 Å². The number of piperazine rings is 1. The fourth-order valence-corrected chi connectivity index (χ4v) is 6.20. The molecule has 1 aliphatic carbocycles. The highest BCUT2D eigenvalue weighted by Crippen LogP contribution is 2.38. The Hall–Kier alpha value is -2.49. The lowest BCUT2D eigenvalue weighted by molar-refractivity contribution is -0.136. The molecule has 1 spiro atoms. The molecule has 1 aromatic heterocycles. The summed E-state index contributed by atoms with van der Waals surface area (Å²) in [5, 5.41) is 6.20. The fraction of sp³-hybridized carbons (Fsp3) is 0.560. The summed E-state index contributed by atoms with van der Waals surface area (Å²) in [7, 11) is 1.67. The first-order valence-corrected chi connectivity index (χ1v) is 13.0. The number of benzene rings is 1. The van der Waals surface area contributed by atoms with E-state index in [1.807, 2.05) is 24.3 Å². The van der Waals surface area contributed by atoms with E-state index in [1.54, 1.807) is 18.4 Å². The van der Waals surface area contributed by atoms with Crippen LogP contribution >= 0.6 is 11.3 Å². The van der Waals surface area contributed by atoms with Gasteiger partial charge in [-0.2, -0.15) is 0 Å². The molecule has 3 fully saturated rings.